The zero-order valence-corrected chi connectivity index (χ0v) is 15.0. The molecule has 1 aromatic heterocycles. The minimum Gasteiger partial charge on any atom is -0.345 e. The van der Waals surface area contributed by atoms with Crippen LogP contribution in [0.2, 0.25) is 0 Å². The maximum absolute atomic E-state index is 12.2. The molecule has 1 heterocycles. The Morgan fingerprint density at radius 1 is 1.43 bits per heavy atom. The first-order valence-corrected chi connectivity index (χ1v) is 8.25. The fourth-order valence-corrected chi connectivity index (χ4v) is 2.80. The van der Waals surface area contributed by atoms with Gasteiger partial charge in [0.2, 0.25) is 5.91 Å². The Hall–Kier alpha value is -1.95. The van der Waals surface area contributed by atoms with E-state index in [1.165, 1.54) is 0 Å². The first-order valence-electron chi connectivity index (χ1n) is 7.84. The van der Waals surface area contributed by atoms with Crippen molar-refractivity contribution >= 4 is 18.1 Å². The van der Waals surface area contributed by atoms with Crippen LogP contribution in [0.4, 0.5) is 0 Å². The fourth-order valence-electron chi connectivity index (χ4n) is 2.58. The van der Waals surface area contributed by atoms with Crippen LogP contribution in [0.5, 0.6) is 0 Å². The van der Waals surface area contributed by atoms with Crippen molar-refractivity contribution in [1.82, 2.24) is 19.7 Å². The third-order valence-corrected chi connectivity index (χ3v) is 3.96. The van der Waals surface area contributed by atoms with Crippen LogP contribution >= 0.6 is 12.2 Å². The summed E-state index contributed by atoms with van der Waals surface area (Å²) in [6.07, 6.45) is 0.413. The van der Waals surface area contributed by atoms with Crippen molar-refractivity contribution < 1.29 is 4.79 Å². The average Bonchev–Trinajstić information content (AvgIpc) is 2.85. The van der Waals surface area contributed by atoms with E-state index in [1.54, 1.807) is 4.90 Å². The van der Waals surface area contributed by atoms with Crippen LogP contribution in [0.1, 0.15) is 25.8 Å². The van der Waals surface area contributed by atoms with Crippen molar-refractivity contribution in [3.05, 3.63) is 34.6 Å². The summed E-state index contributed by atoms with van der Waals surface area (Å²) in [6.45, 7) is 7.54. The second-order valence-corrected chi connectivity index (χ2v) is 6.68. The molecular formula is C17H24N4OS. The number of benzene rings is 1. The molecule has 0 aliphatic heterocycles. The number of nitrogens with one attached hydrogen (secondary N) is 1. The molecule has 0 saturated carbocycles. The number of H-pyrrole nitrogens is 1. The number of aromatic nitrogens is 3. The lowest BCUT2D eigenvalue weighted by Crippen LogP contribution is -2.30. The Balaban J connectivity index is 2.14. The van der Waals surface area contributed by atoms with E-state index in [-0.39, 0.29) is 5.91 Å². The van der Waals surface area contributed by atoms with Crippen LogP contribution in [-0.2, 0) is 11.3 Å². The lowest BCUT2D eigenvalue weighted by atomic mass is 10.1. The maximum Gasteiger partial charge on any atom is 0.224 e. The standard InChI is InChI=1S/C17H24N4OS/c1-12(2)11-20(4)15(22)8-9-21-16(18-19-17(21)23)14-7-5-6-13(3)10-14/h5-7,10,12H,8-9,11H2,1-4H3,(H,19,23). The number of amides is 1. The van der Waals surface area contributed by atoms with E-state index in [2.05, 4.69) is 30.1 Å². The van der Waals surface area contributed by atoms with Crippen LogP contribution < -0.4 is 0 Å². The Bertz CT molecular complexity index is 732. The van der Waals surface area contributed by atoms with Gasteiger partial charge in [-0.15, -0.1) is 0 Å². The van der Waals surface area contributed by atoms with Gasteiger partial charge in [0.1, 0.15) is 0 Å². The summed E-state index contributed by atoms with van der Waals surface area (Å²) >= 11 is 5.31. The lowest BCUT2D eigenvalue weighted by molar-refractivity contribution is -0.130. The summed E-state index contributed by atoms with van der Waals surface area (Å²) < 4.78 is 2.44. The molecule has 0 aliphatic rings. The van der Waals surface area contributed by atoms with Crippen molar-refractivity contribution in [2.45, 2.75) is 33.7 Å². The highest BCUT2D eigenvalue weighted by atomic mass is 32.1. The molecule has 0 radical (unpaired) electrons. The van der Waals surface area contributed by atoms with Gasteiger partial charge >= 0.3 is 0 Å². The smallest absolute Gasteiger partial charge is 0.224 e. The molecule has 0 atom stereocenters. The van der Waals surface area contributed by atoms with Gasteiger partial charge < -0.3 is 4.90 Å². The Morgan fingerprint density at radius 2 is 2.17 bits per heavy atom. The van der Waals surface area contributed by atoms with E-state index in [0.717, 1.165) is 23.5 Å². The molecule has 5 nitrogen and oxygen atoms in total. The number of carbonyl (C=O) groups excluding carboxylic acids is 1. The monoisotopic (exact) mass is 332 g/mol. The summed E-state index contributed by atoms with van der Waals surface area (Å²) in [4.78, 5) is 14.0. The number of hydrogen-bond acceptors (Lipinski definition) is 3. The van der Waals surface area contributed by atoms with Crippen LogP contribution in [0.3, 0.4) is 0 Å². The van der Waals surface area contributed by atoms with Gasteiger partial charge in [0.05, 0.1) is 0 Å². The number of aromatic amines is 1. The summed E-state index contributed by atoms with van der Waals surface area (Å²) in [5, 5.41) is 7.15. The average molecular weight is 332 g/mol. The van der Waals surface area contributed by atoms with E-state index >= 15 is 0 Å². The molecule has 23 heavy (non-hydrogen) atoms. The molecule has 0 saturated heterocycles. The van der Waals surface area contributed by atoms with Gasteiger partial charge in [-0.2, -0.15) is 5.10 Å². The molecule has 1 amide bonds. The zero-order chi connectivity index (χ0) is 17.0. The third-order valence-electron chi connectivity index (χ3n) is 3.65. The van der Waals surface area contributed by atoms with Gasteiger partial charge in [-0.1, -0.05) is 37.6 Å². The second kappa shape index (κ2) is 7.55. The van der Waals surface area contributed by atoms with E-state index in [9.17, 15) is 4.79 Å². The number of hydrogen-bond donors (Lipinski definition) is 1. The second-order valence-electron chi connectivity index (χ2n) is 6.29. The van der Waals surface area contributed by atoms with E-state index in [4.69, 9.17) is 12.2 Å². The van der Waals surface area contributed by atoms with Gasteiger partial charge in [-0.25, -0.2) is 0 Å². The maximum atomic E-state index is 12.2. The van der Waals surface area contributed by atoms with Crippen molar-refractivity contribution in [2.24, 2.45) is 5.92 Å². The predicted octanol–water partition coefficient (Wildman–Crippen LogP) is 3.42. The molecule has 1 N–H and O–H groups in total. The van der Waals surface area contributed by atoms with Crippen LogP contribution in [0.25, 0.3) is 11.4 Å². The number of nitrogens with zero attached hydrogens (tertiary/aromatic N) is 3. The molecule has 2 aromatic rings. The number of aryl methyl sites for hydroxylation is 1. The minimum absolute atomic E-state index is 0.122. The zero-order valence-electron chi connectivity index (χ0n) is 14.2. The largest absolute Gasteiger partial charge is 0.345 e. The summed E-state index contributed by atoms with van der Waals surface area (Å²) in [5.74, 6) is 1.36. The van der Waals surface area contributed by atoms with E-state index in [1.807, 2.05) is 36.7 Å². The van der Waals surface area contributed by atoms with Gasteiger partial charge in [-0.05, 0) is 31.1 Å². The van der Waals surface area contributed by atoms with Gasteiger partial charge in [0.25, 0.3) is 0 Å². The van der Waals surface area contributed by atoms with Crippen LogP contribution in [-0.4, -0.2) is 39.2 Å². The Labute approximate surface area is 142 Å². The van der Waals surface area contributed by atoms with Crippen LogP contribution in [0, 0.1) is 17.6 Å². The lowest BCUT2D eigenvalue weighted by Gasteiger charge is -2.19. The molecule has 124 valence electrons. The van der Waals surface area contributed by atoms with E-state index in [0.29, 0.717) is 23.7 Å². The molecular weight excluding hydrogens is 308 g/mol. The molecule has 0 aliphatic carbocycles. The molecule has 0 unspecified atom stereocenters. The highest BCUT2D eigenvalue weighted by Crippen LogP contribution is 2.19. The number of carbonyl (C=O) groups is 1. The highest BCUT2D eigenvalue weighted by Gasteiger charge is 2.13. The summed E-state index contributed by atoms with van der Waals surface area (Å²) in [7, 11) is 1.85. The normalized spacial score (nSPS) is 11.0. The molecule has 2 rings (SSSR count). The highest BCUT2D eigenvalue weighted by molar-refractivity contribution is 7.71. The topological polar surface area (TPSA) is 53.9 Å². The van der Waals surface area contributed by atoms with Gasteiger partial charge in [0, 0.05) is 32.1 Å². The van der Waals surface area contributed by atoms with E-state index < -0.39 is 0 Å². The molecule has 0 spiro atoms. The molecule has 0 fully saturated rings. The van der Waals surface area contributed by atoms with Crippen molar-refractivity contribution in [1.29, 1.82) is 0 Å². The molecule has 1 aromatic carbocycles. The Kier molecular flexibility index (Phi) is 5.71. The van der Waals surface area contributed by atoms with Crippen molar-refractivity contribution in [3.63, 3.8) is 0 Å². The summed E-state index contributed by atoms with van der Waals surface area (Å²) in [6, 6.07) is 8.10. The SMILES string of the molecule is Cc1cccc(-c2n[nH]c(=S)n2CCC(=O)N(C)CC(C)C)c1. The first-order chi connectivity index (χ1) is 10.9. The third kappa shape index (κ3) is 4.51. The predicted molar refractivity (Wildman–Crippen MR) is 94.7 cm³/mol. The first kappa shape index (κ1) is 17.4. The summed E-state index contributed by atoms with van der Waals surface area (Å²) in [5.41, 5.74) is 2.16. The van der Waals surface area contributed by atoms with Gasteiger partial charge in [0.15, 0.2) is 10.6 Å². The van der Waals surface area contributed by atoms with Gasteiger partial charge in [-0.3, -0.25) is 14.5 Å². The van der Waals surface area contributed by atoms with Crippen molar-refractivity contribution in [3.8, 4) is 11.4 Å². The number of rotatable bonds is 6. The Morgan fingerprint density at radius 3 is 2.83 bits per heavy atom. The van der Waals surface area contributed by atoms with Crippen LogP contribution in [0.15, 0.2) is 24.3 Å². The molecule has 6 heteroatoms. The minimum atomic E-state index is 0.122. The fraction of sp³-hybridized carbons (Fsp3) is 0.471. The quantitative estimate of drug-likeness (QED) is 0.825. The molecule has 0 bridgehead atoms. The van der Waals surface area contributed by atoms with Crippen molar-refractivity contribution in [2.75, 3.05) is 13.6 Å².